The van der Waals surface area contributed by atoms with E-state index >= 15 is 0 Å². The van der Waals surface area contributed by atoms with Crippen LogP contribution in [0, 0.1) is 5.92 Å². The van der Waals surface area contributed by atoms with E-state index in [1.807, 2.05) is 36.4 Å². The molecule has 0 spiro atoms. The molecule has 0 radical (unpaired) electrons. The first-order valence-corrected chi connectivity index (χ1v) is 8.45. The van der Waals surface area contributed by atoms with E-state index in [2.05, 4.69) is 18.1 Å². The zero-order chi connectivity index (χ0) is 16.7. The smallest absolute Gasteiger partial charge is 0.119 e. The predicted molar refractivity (Wildman–Crippen MR) is 95.7 cm³/mol. The van der Waals surface area contributed by atoms with E-state index in [4.69, 9.17) is 4.74 Å². The molecule has 0 amide bonds. The third kappa shape index (κ3) is 4.24. The van der Waals surface area contributed by atoms with Gasteiger partial charge in [-0.3, -0.25) is 4.90 Å². The first-order chi connectivity index (χ1) is 11.1. The van der Waals surface area contributed by atoms with Gasteiger partial charge in [0, 0.05) is 25.6 Å². The monoisotopic (exact) mass is 315 g/mol. The molecular weight excluding hydrogens is 286 g/mol. The lowest BCUT2D eigenvalue weighted by atomic mass is 9.71. The number of methoxy groups -OCH3 is 1. The molecule has 2 atom stereocenters. The molecule has 0 aliphatic heterocycles. The Bertz CT molecular complexity index is 518. The maximum absolute atomic E-state index is 11.5. The highest BCUT2D eigenvalue weighted by Crippen LogP contribution is 2.42. The fourth-order valence-electron chi connectivity index (χ4n) is 3.64. The van der Waals surface area contributed by atoms with E-state index in [-0.39, 0.29) is 5.92 Å². The van der Waals surface area contributed by atoms with Crippen molar-refractivity contribution in [1.82, 2.24) is 4.90 Å². The highest BCUT2D eigenvalue weighted by Gasteiger charge is 2.41. The minimum atomic E-state index is -0.784. The SMILES string of the molecule is C=CCN(CC=C)CC1CCCCC1(O)c1cccc(OC)c1. The van der Waals surface area contributed by atoms with Crippen molar-refractivity contribution in [2.45, 2.75) is 31.3 Å². The third-order valence-electron chi connectivity index (χ3n) is 4.86. The van der Waals surface area contributed by atoms with Gasteiger partial charge in [0.25, 0.3) is 0 Å². The number of ether oxygens (including phenoxy) is 1. The summed E-state index contributed by atoms with van der Waals surface area (Å²) in [6.07, 6.45) is 7.91. The second-order valence-corrected chi connectivity index (χ2v) is 6.39. The fourth-order valence-corrected chi connectivity index (χ4v) is 3.64. The van der Waals surface area contributed by atoms with Crippen molar-refractivity contribution in [3.63, 3.8) is 0 Å². The predicted octanol–water partition coefficient (Wildman–Crippen LogP) is 3.75. The highest BCUT2D eigenvalue weighted by molar-refractivity contribution is 5.33. The molecule has 1 N–H and O–H groups in total. The molecule has 1 aliphatic carbocycles. The van der Waals surface area contributed by atoms with Gasteiger partial charge in [0.2, 0.25) is 0 Å². The topological polar surface area (TPSA) is 32.7 Å². The average molecular weight is 315 g/mol. The minimum absolute atomic E-state index is 0.211. The summed E-state index contributed by atoms with van der Waals surface area (Å²) in [4.78, 5) is 2.29. The molecule has 0 saturated heterocycles. The zero-order valence-corrected chi connectivity index (χ0v) is 14.2. The van der Waals surface area contributed by atoms with E-state index in [1.54, 1.807) is 7.11 Å². The molecule has 0 bridgehead atoms. The summed E-state index contributed by atoms with van der Waals surface area (Å²) < 4.78 is 5.34. The Morgan fingerprint density at radius 1 is 1.30 bits per heavy atom. The number of benzene rings is 1. The Labute approximate surface area is 140 Å². The fraction of sp³-hybridized carbons (Fsp3) is 0.500. The number of nitrogens with zero attached hydrogens (tertiary/aromatic N) is 1. The van der Waals surface area contributed by atoms with Crippen LogP contribution in [0.25, 0.3) is 0 Å². The van der Waals surface area contributed by atoms with Crippen LogP contribution < -0.4 is 4.74 Å². The number of hydrogen-bond acceptors (Lipinski definition) is 3. The van der Waals surface area contributed by atoms with Crippen molar-refractivity contribution in [2.24, 2.45) is 5.92 Å². The highest BCUT2D eigenvalue weighted by atomic mass is 16.5. The molecule has 23 heavy (non-hydrogen) atoms. The van der Waals surface area contributed by atoms with Crippen LogP contribution in [0.4, 0.5) is 0 Å². The van der Waals surface area contributed by atoms with Gasteiger partial charge in [-0.1, -0.05) is 37.1 Å². The summed E-state index contributed by atoms with van der Waals surface area (Å²) >= 11 is 0. The van der Waals surface area contributed by atoms with Crippen LogP contribution in [0.2, 0.25) is 0 Å². The van der Waals surface area contributed by atoms with Crippen LogP contribution in [0.5, 0.6) is 5.75 Å². The normalized spacial score (nSPS) is 24.4. The van der Waals surface area contributed by atoms with Gasteiger partial charge in [0.1, 0.15) is 5.75 Å². The standard InChI is InChI=1S/C20H29NO2/c1-4-13-21(14-5-2)16-18-9-6-7-12-20(18,22)17-10-8-11-19(15-17)23-3/h4-5,8,10-11,15,18,22H,1-2,6-7,9,12-14,16H2,3H3. The van der Waals surface area contributed by atoms with Crippen LogP contribution in [0.15, 0.2) is 49.6 Å². The Morgan fingerprint density at radius 3 is 2.70 bits per heavy atom. The molecule has 2 unspecified atom stereocenters. The summed E-state index contributed by atoms with van der Waals surface area (Å²) in [5, 5.41) is 11.5. The molecule has 3 nitrogen and oxygen atoms in total. The summed E-state index contributed by atoms with van der Waals surface area (Å²) in [6.45, 7) is 10.2. The van der Waals surface area contributed by atoms with Gasteiger partial charge in [-0.05, 0) is 30.5 Å². The van der Waals surface area contributed by atoms with Crippen molar-refractivity contribution in [3.8, 4) is 5.75 Å². The minimum Gasteiger partial charge on any atom is -0.497 e. The van der Waals surface area contributed by atoms with Gasteiger partial charge in [-0.15, -0.1) is 13.2 Å². The Morgan fingerprint density at radius 2 is 2.04 bits per heavy atom. The lowest BCUT2D eigenvalue weighted by molar-refractivity contribution is -0.0640. The van der Waals surface area contributed by atoms with Gasteiger partial charge >= 0.3 is 0 Å². The first-order valence-electron chi connectivity index (χ1n) is 8.45. The van der Waals surface area contributed by atoms with E-state index in [9.17, 15) is 5.11 Å². The molecule has 1 fully saturated rings. The first kappa shape index (κ1) is 17.8. The molecular formula is C20H29NO2. The van der Waals surface area contributed by atoms with Crippen molar-refractivity contribution in [2.75, 3.05) is 26.7 Å². The molecule has 1 saturated carbocycles. The quantitative estimate of drug-likeness (QED) is 0.742. The van der Waals surface area contributed by atoms with Crippen LogP contribution in [-0.2, 0) is 5.60 Å². The molecule has 1 aromatic carbocycles. The molecule has 126 valence electrons. The Hall–Kier alpha value is -1.58. The number of aliphatic hydroxyl groups is 1. The van der Waals surface area contributed by atoms with Crippen molar-refractivity contribution < 1.29 is 9.84 Å². The average Bonchev–Trinajstić information content (AvgIpc) is 2.57. The van der Waals surface area contributed by atoms with Crippen LogP contribution >= 0.6 is 0 Å². The number of rotatable bonds is 8. The van der Waals surface area contributed by atoms with Gasteiger partial charge < -0.3 is 9.84 Å². The van der Waals surface area contributed by atoms with E-state index < -0.39 is 5.60 Å². The summed E-state index contributed by atoms with van der Waals surface area (Å²) in [5.74, 6) is 1.01. The Kier molecular flexibility index (Phi) is 6.43. The van der Waals surface area contributed by atoms with E-state index in [1.165, 1.54) is 6.42 Å². The van der Waals surface area contributed by atoms with Crippen molar-refractivity contribution >= 4 is 0 Å². The van der Waals surface area contributed by atoms with Gasteiger partial charge in [-0.2, -0.15) is 0 Å². The van der Waals surface area contributed by atoms with Gasteiger partial charge in [0.15, 0.2) is 0 Å². The lowest BCUT2D eigenvalue weighted by Gasteiger charge is -2.42. The largest absolute Gasteiger partial charge is 0.497 e. The Balaban J connectivity index is 2.24. The van der Waals surface area contributed by atoms with Crippen LogP contribution in [0.1, 0.15) is 31.2 Å². The second kappa shape index (κ2) is 8.32. The summed E-state index contributed by atoms with van der Waals surface area (Å²) in [6, 6.07) is 7.88. The molecule has 2 rings (SSSR count). The maximum atomic E-state index is 11.5. The van der Waals surface area contributed by atoms with Crippen molar-refractivity contribution in [1.29, 1.82) is 0 Å². The van der Waals surface area contributed by atoms with Crippen LogP contribution in [-0.4, -0.2) is 36.8 Å². The molecule has 3 heteroatoms. The number of hydrogen-bond donors (Lipinski definition) is 1. The van der Waals surface area contributed by atoms with E-state index in [0.717, 1.165) is 50.2 Å². The van der Waals surface area contributed by atoms with Crippen LogP contribution in [0.3, 0.4) is 0 Å². The molecule has 0 aromatic heterocycles. The van der Waals surface area contributed by atoms with E-state index in [0.29, 0.717) is 0 Å². The molecule has 1 aromatic rings. The zero-order valence-electron chi connectivity index (χ0n) is 14.2. The maximum Gasteiger partial charge on any atom is 0.119 e. The molecule has 0 heterocycles. The molecule has 1 aliphatic rings. The third-order valence-corrected chi connectivity index (χ3v) is 4.86. The summed E-state index contributed by atoms with van der Waals surface area (Å²) in [7, 11) is 1.66. The second-order valence-electron chi connectivity index (χ2n) is 6.39. The van der Waals surface area contributed by atoms with Gasteiger partial charge in [0.05, 0.1) is 12.7 Å². The summed E-state index contributed by atoms with van der Waals surface area (Å²) in [5.41, 5.74) is 0.187. The van der Waals surface area contributed by atoms with Crippen molar-refractivity contribution in [3.05, 3.63) is 55.1 Å². The van der Waals surface area contributed by atoms with Gasteiger partial charge in [-0.25, -0.2) is 0 Å². The lowest BCUT2D eigenvalue weighted by Crippen LogP contribution is -2.44.